The van der Waals surface area contributed by atoms with Gasteiger partial charge in [-0.2, -0.15) is 0 Å². The Bertz CT molecular complexity index is 886. The van der Waals surface area contributed by atoms with Crippen molar-refractivity contribution < 1.29 is 29.2 Å². The molecule has 8 nitrogen and oxygen atoms in total. The summed E-state index contributed by atoms with van der Waals surface area (Å²) in [5.41, 5.74) is 2.25. The molecule has 4 N–H and O–H groups in total. The zero-order valence-electron chi connectivity index (χ0n) is 17.2. The molecule has 30 heavy (non-hydrogen) atoms. The molecule has 3 rings (SSSR count). The maximum Gasteiger partial charge on any atom is 0.224 e. The fourth-order valence-corrected chi connectivity index (χ4v) is 3.36. The Morgan fingerprint density at radius 1 is 1.10 bits per heavy atom. The molecule has 0 aliphatic carbocycles. The first-order valence-corrected chi connectivity index (χ1v) is 9.89. The predicted molar refractivity (Wildman–Crippen MR) is 113 cm³/mol. The van der Waals surface area contributed by atoms with Gasteiger partial charge in [-0.3, -0.25) is 4.79 Å². The number of aromatic hydroxyl groups is 1. The SMILES string of the molecule is COc1ccc(CCNCC(O)COc2ccc(O)c3c2CCC(=O)N3)cc1OC. The number of benzene rings is 2. The molecule has 162 valence electrons. The quantitative estimate of drug-likeness (QED) is 0.346. The Morgan fingerprint density at radius 2 is 1.87 bits per heavy atom. The number of hydrogen-bond acceptors (Lipinski definition) is 7. The molecule has 8 heteroatoms. The van der Waals surface area contributed by atoms with E-state index in [0.29, 0.717) is 48.9 Å². The minimum Gasteiger partial charge on any atom is -0.506 e. The highest BCUT2D eigenvalue weighted by atomic mass is 16.5. The highest BCUT2D eigenvalue weighted by molar-refractivity contribution is 5.96. The number of aliphatic hydroxyl groups is 1. The third-order valence-corrected chi connectivity index (χ3v) is 4.96. The Balaban J connectivity index is 1.44. The molecule has 0 radical (unpaired) electrons. The number of aliphatic hydroxyl groups excluding tert-OH is 1. The summed E-state index contributed by atoms with van der Waals surface area (Å²) in [7, 11) is 3.21. The lowest BCUT2D eigenvalue weighted by molar-refractivity contribution is -0.116. The van der Waals surface area contributed by atoms with Crippen LogP contribution < -0.4 is 24.8 Å². The average molecular weight is 416 g/mol. The summed E-state index contributed by atoms with van der Waals surface area (Å²) < 4.78 is 16.3. The predicted octanol–water partition coefficient (Wildman–Crippen LogP) is 1.87. The highest BCUT2D eigenvalue weighted by Crippen LogP contribution is 2.38. The summed E-state index contributed by atoms with van der Waals surface area (Å²) in [4.78, 5) is 11.5. The van der Waals surface area contributed by atoms with E-state index in [9.17, 15) is 15.0 Å². The molecule has 0 saturated heterocycles. The van der Waals surface area contributed by atoms with Crippen LogP contribution in [-0.2, 0) is 17.6 Å². The maximum atomic E-state index is 11.5. The molecular weight excluding hydrogens is 388 g/mol. The number of nitrogens with one attached hydrogen (secondary N) is 2. The lowest BCUT2D eigenvalue weighted by atomic mass is 10.0. The van der Waals surface area contributed by atoms with Crippen molar-refractivity contribution in [1.29, 1.82) is 0 Å². The Morgan fingerprint density at radius 3 is 2.63 bits per heavy atom. The largest absolute Gasteiger partial charge is 0.506 e. The van der Waals surface area contributed by atoms with Crippen LogP contribution in [-0.4, -0.2) is 56.1 Å². The lowest BCUT2D eigenvalue weighted by Gasteiger charge is -2.22. The monoisotopic (exact) mass is 416 g/mol. The van der Waals surface area contributed by atoms with Gasteiger partial charge in [0.25, 0.3) is 0 Å². The van der Waals surface area contributed by atoms with Gasteiger partial charge in [0.2, 0.25) is 5.91 Å². The van der Waals surface area contributed by atoms with Gasteiger partial charge in [0.05, 0.1) is 19.9 Å². The maximum absolute atomic E-state index is 11.5. The normalized spacial score (nSPS) is 13.9. The van der Waals surface area contributed by atoms with Gasteiger partial charge in [0.15, 0.2) is 11.5 Å². The van der Waals surface area contributed by atoms with Crippen molar-refractivity contribution in [3.8, 4) is 23.0 Å². The number of fused-ring (bicyclic) bond motifs is 1. The smallest absolute Gasteiger partial charge is 0.224 e. The molecule has 1 atom stereocenters. The molecule has 1 amide bonds. The fourth-order valence-electron chi connectivity index (χ4n) is 3.36. The third-order valence-electron chi connectivity index (χ3n) is 4.96. The van der Waals surface area contributed by atoms with E-state index in [1.165, 1.54) is 6.07 Å². The van der Waals surface area contributed by atoms with E-state index in [2.05, 4.69) is 10.6 Å². The number of ether oxygens (including phenoxy) is 3. The first-order valence-electron chi connectivity index (χ1n) is 9.89. The van der Waals surface area contributed by atoms with Gasteiger partial charge < -0.3 is 35.1 Å². The molecular formula is C22H28N2O6. The second kappa shape index (κ2) is 10.2. The summed E-state index contributed by atoms with van der Waals surface area (Å²) in [6.07, 6.45) is 0.912. The molecule has 1 unspecified atom stereocenters. The number of phenols is 1. The molecule has 1 aliphatic heterocycles. The minimum atomic E-state index is -0.696. The van der Waals surface area contributed by atoms with Gasteiger partial charge in [0, 0.05) is 18.5 Å². The molecule has 1 aliphatic rings. The van der Waals surface area contributed by atoms with E-state index in [4.69, 9.17) is 14.2 Å². The number of anilines is 1. The first kappa shape index (κ1) is 21.7. The second-order valence-corrected chi connectivity index (χ2v) is 7.09. The van der Waals surface area contributed by atoms with E-state index < -0.39 is 6.10 Å². The lowest BCUT2D eigenvalue weighted by Crippen LogP contribution is -2.32. The molecule has 1 heterocycles. The Hall–Kier alpha value is -2.97. The standard InChI is InChI=1S/C22H28N2O6/c1-28-19-6-3-14(11-20(19)29-2)9-10-23-12-15(25)13-30-18-7-5-17(26)22-16(18)4-8-21(27)24-22/h3,5-7,11,15,23,25-26H,4,8-10,12-13H2,1-2H3,(H,24,27). The van der Waals surface area contributed by atoms with Crippen LogP contribution in [0.15, 0.2) is 30.3 Å². The summed E-state index contributed by atoms with van der Waals surface area (Å²) in [6.45, 7) is 1.17. The van der Waals surface area contributed by atoms with Crippen molar-refractivity contribution >= 4 is 11.6 Å². The van der Waals surface area contributed by atoms with Gasteiger partial charge in [-0.05, 0) is 49.2 Å². The van der Waals surface area contributed by atoms with Gasteiger partial charge in [-0.25, -0.2) is 0 Å². The summed E-state index contributed by atoms with van der Waals surface area (Å²) in [5.74, 6) is 1.83. The van der Waals surface area contributed by atoms with E-state index in [1.54, 1.807) is 20.3 Å². The zero-order chi connectivity index (χ0) is 21.5. The molecule has 0 spiro atoms. The van der Waals surface area contributed by atoms with Crippen molar-refractivity contribution in [1.82, 2.24) is 5.32 Å². The van der Waals surface area contributed by atoms with Gasteiger partial charge in [0.1, 0.15) is 24.2 Å². The summed E-state index contributed by atoms with van der Waals surface area (Å²) in [5, 5.41) is 26.0. The van der Waals surface area contributed by atoms with Crippen molar-refractivity contribution in [2.75, 3.05) is 39.2 Å². The van der Waals surface area contributed by atoms with Crippen LogP contribution in [0, 0.1) is 0 Å². The molecule has 2 aromatic carbocycles. The number of amides is 1. The fraction of sp³-hybridized carbons (Fsp3) is 0.409. The molecule has 0 bridgehead atoms. The van der Waals surface area contributed by atoms with Gasteiger partial charge in [-0.1, -0.05) is 6.07 Å². The van der Waals surface area contributed by atoms with E-state index in [1.807, 2.05) is 18.2 Å². The topological polar surface area (TPSA) is 109 Å². The van der Waals surface area contributed by atoms with E-state index >= 15 is 0 Å². The van der Waals surface area contributed by atoms with Crippen molar-refractivity contribution in [2.24, 2.45) is 0 Å². The average Bonchev–Trinajstić information content (AvgIpc) is 2.76. The van der Waals surface area contributed by atoms with Crippen LogP contribution in [0.3, 0.4) is 0 Å². The van der Waals surface area contributed by atoms with Crippen LogP contribution in [0.25, 0.3) is 0 Å². The molecule has 0 aromatic heterocycles. The molecule has 0 saturated carbocycles. The van der Waals surface area contributed by atoms with Crippen molar-refractivity contribution in [2.45, 2.75) is 25.4 Å². The van der Waals surface area contributed by atoms with E-state index in [0.717, 1.165) is 17.5 Å². The van der Waals surface area contributed by atoms with Gasteiger partial charge in [-0.15, -0.1) is 0 Å². The minimum absolute atomic E-state index is 0.0165. The van der Waals surface area contributed by atoms with Crippen molar-refractivity contribution in [3.05, 3.63) is 41.5 Å². The van der Waals surface area contributed by atoms with E-state index in [-0.39, 0.29) is 18.3 Å². The highest BCUT2D eigenvalue weighted by Gasteiger charge is 2.22. The summed E-state index contributed by atoms with van der Waals surface area (Å²) in [6, 6.07) is 8.93. The number of methoxy groups -OCH3 is 2. The number of carbonyl (C=O) groups excluding carboxylic acids is 1. The van der Waals surface area contributed by atoms with Crippen LogP contribution in [0.4, 0.5) is 5.69 Å². The number of phenolic OH excluding ortho intramolecular Hbond substituents is 1. The zero-order valence-corrected chi connectivity index (χ0v) is 17.2. The Labute approximate surface area is 175 Å². The Kier molecular flexibility index (Phi) is 7.37. The van der Waals surface area contributed by atoms with Crippen LogP contribution in [0.5, 0.6) is 23.0 Å². The summed E-state index contributed by atoms with van der Waals surface area (Å²) >= 11 is 0. The molecule has 2 aromatic rings. The van der Waals surface area contributed by atoms with Crippen molar-refractivity contribution in [3.63, 3.8) is 0 Å². The number of hydrogen-bond donors (Lipinski definition) is 4. The van der Waals surface area contributed by atoms with Crippen LogP contribution in [0.2, 0.25) is 0 Å². The number of rotatable bonds is 10. The third kappa shape index (κ3) is 5.34. The second-order valence-electron chi connectivity index (χ2n) is 7.09. The van der Waals surface area contributed by atoms with Crippen LogP contribution in [0.1, 0.15) is 17.5 Å². The first-order chi connectivity index (χ1) is 14.5. The van der Waals surface area contributed by atoms with Gasteiger partial charge >= 0.3 is 0 Å². The van der Waals surface area contributed by atoms with Crippen LogP contribution >= 0.6 is 0 Å². The molecule has 0 fully saturated rings. The number of carbonyl (C=O) groups is 1.